The highest BCUT2D eigenvalue weighted by Gasteiger charge is 2.42. The van der Waals surface area contributed by atoms with Crippen molar-refractivity contribution < 1.29 is 4.52 Å². The van der Waals surface area contributed by atoms with Crippen LogP contribution in [-0.2, 0) is 12.8 Å². The van der Waals surface area contributed by atoms with E-state index in [2.05, 4.69) is 39.7 Å². The quantitative estimate of drug-likeness (QED) is 0.927. The van der Waals surface area contributed by atoms with Crippen molar-refractivity contribution in [3.63, 3.8) is 0 Å². The molecule has 2 heterocycles. The maximum absolute atomic E-state index is 5.47. The molecule has 1 N–H and O–H groups in total. The number of rotatable bonds is 4. The number of hydrogen-bond acceptors (Lipinski definition) is 4. The van der Waals surface area contributed by atoms with Crippen LogP contribution in [0.1, 0.15) is 42.6 Å². The number of hydrogen-bond donors (Lipinski definition) is 1. The molecule has 20 heavy (non-hydrogen) atoms. The Bertz CT molecular complexity index is 580. The molecule has 1 saturated heterocycles. The highest BCUT2D eigenvalue weighted by molar-refractivity contribution is 5.15. The monoisotopic (exact) mass is 269 g/mol. The summed E-state index contributed by atoms with van der Waals surface area (Å²) in [7, 11) is 0. The minimum absolute atomic E-state index is 0.298. The molecule has 1 aromatic carbocycles. The number of fused-ring (bicyclic) bond motifs is 2. The molecule has 2 fully saturated rings. The van der Waals surface area contributed by atoms with Gasteiger partial charge in [0, 0.05) is 12.5 Å². The highest BCUT2D eigenvalue weighted by Crippen LogP contribution is 2.42. The first-order chi connectivity index (χ1) is 9.88. The van der Waals surface area contributed by atoms with E-state index in [-0.39, 0.29) is 0 Å². The van der Waals surface area contributed by atoms with Gasteiger partial charge in [-0.1, -0.05) is 35.5 Å². The molecule has 2 aromatic rings. The van der Waals surface area contributed by atoms with Gasteiger partial charge in [-0.15, -0.1) is 0 Å². The normalized spacial score (nSPS) is 28.1. The van der Waals surface area contributed by atoms with E-state index in [4.69, 9.17) is 4.52 Å². The Labute approximate surface area is 118 Å². The summed E-state index contributed by atoms with van der Waals surface area (Å²) < 4.78 is 5.47. The summed E-state index contributed by atoms with van der Waals surface area (Å²) in [5.41, 5.74) is 1.32. The average molecular weight is 269 g/mol. The van der Waals surface area contributed by atoms with E-state index in [1.54, 1.807) is 0 Å². The van der Waals surface area contributed by atoms with Gasteiger partial charge in [-0.3, -0.25) is 0 Å². The van der Waals surface area contributed by atoms with E-state index in [0.29, 0.717) is 18.0 Å². The molecule has 2 aliphatic rings. The molecule has 0 unspecified atom stereocenters. The lowest BCUT2D eigenvalue weighted by Crippen LogP contribution is -2.28. The summed E-state index contributed by atoms with van der Waals surface area (Å²) in [4.78, 5) is 4.59. The largest absolute Gasteiger partial charge is 0.338 e. The predicted molar refractivity (Wildman–Crippen MR) is 75.2 cm³/mol. The Morgan fingerprint density at radius 1 is 1.15 bits per heavy atom. The molecule has 1 aliphatic heterocycles. The fraction of sp³-hybridized carbons (Fsp3) is 0.500. The first kappa shape index (κ1) is 12.1. The topological polar surface area (TPSA) is 51.0 Å². The zero-order valence-electron chi connectivity index (χ0n) is 11.5. The van der Waals surface area contributed by atoms with Crippen LogP contribution in [-0.4, -0.2) is 16.2 Å². The van der Waals surface area contributed by atoms with Crippen LogP contribution in [0.4, 0.5) is 0 Å². The summed E-state index contributed by atoms with van der Waals surface area (Å²) >= 11 is 0. The fourth-order valence-electron chi connectivity index (χ4n) is 3.53. The molecule has 2 bridgehead atoms. The second-order valence-electron chi connectivity index (χ2n) is 5.95. The van der Waals surface area contributed by atoms with E-state index in [1.165, 1.54) is 24.8 Å². The lowest BCUT2D eigenvalue weighted by Gasteiger charge is -2.18. The standard InChI is InChI=1S/C16H19N3O/c1-2-4-11(5-3-1)6-9-14-18-16(20-19-14)15-12-7-8-13(10-12)17-15/h1-5,12-13,15,17H,6-10H2/t12-,13+,15-/m0/s1. The van der Waals surface area contributed by atoms with Crippen LogP contribution in [0.2, 0.25) is 0 Å². The Balaban J connectivity index is 1.41. The molecule has 3 atom stereocenters. The molecule has 4 rings (SSSR count). The summed E-state index contributed by atoms with van der Waals surface area (Å²) in [5, 5.41) is 7.73. The molecule has 1 saturated carbocycles. The molecule has 0 amide bonds. The summed E-state index contributed by atoms with van der Waals surface area (Å²) in [6, 6.07) is 11.4. The van der Waals surface area contributed by atoms with Crippen LogP contribution < -0.4 is 5.32 Å². The SMILES string of the molecule is c1ccc(CCc2noc([C@H]3N[C@@H]4CC[C@H]3C4)n2)cc1. The molecular weight excluding hydrogens is 250 g/mol. The zero-order chi connectivity index (χ0) is 13.4. The molecule has 4 nitrogen and oxygen atoms in total. The van der Waals surface area contributed by atoms with Gasteiger partial charge in [0.15, 0.2) is 5.82 Å². The minimum Gasteiger partial charge on any atom is -0.338 e. The van der Waals surface area contributed by atoms with E-state index in [1.807, 2.05) is 6.07 Å². The maximum atomic E-state index is 5.47. The number of benzene rings is 1. The lowest BCUT2D eigenvalue weighted by atomic mass is 10.0. The number of nitrogens with one attached hydrogen (secondary N) is 1. The van der Waals surface area contributed by atoms with E-state index in [9.17, 15) is 0 Å². The van der Waals surface area contributed by atoms with Gasteiger partial charge in [0.25, 0.3) is 0 Å². The maximum Gasteiger partial charge on any atom is 0.244 e. The van der Waals surface area contributed by atoms with Crippen LogP contribution in [0.15, 0.2) is 34.9 Å². The second-order valence-corrected chi connectivity index (χ2v) is 5.95. The van der Waals surface area contributed by atoms with Gasteiger partial charge in [-0.25, -0.2) is 0 Å². The first-order valence-corrected chi connectivity index (χ1v) is 7.51. The molecule has 1 aromatic heterocycles. The second kappa shape index (κ2) is 5.02. The van der Waals surface area contributed by atoms with Crippen molar-refractivity contribution >= 4 is 0 Å². The van der Waals surface area contributed by atoms with Crippen molar-refractivity contribution in [1.82, 2.24) is 15.5 Å². The van der Waals surface area contributed by atoms with E-state index in [0.717, 1.165) is 24.6 Å². The molecule has 104 valence electrons. The summed E-state index contributed by atoms with van der Waals surface area (Å²) in [6.07, 6.45) is 5.67. The Morgan fingerprint density at radius 2 is 2.05 bits per heavy atom. The fourth-order valence-corrected chi connectivity index (χ4v) is 3.53. The highest BCUT2D eigenvalue weighted by atomic mass is 16.5. The Kier molecular flexibility index (Phi) is 3.03. The Morgan fingerprint density at radius 3 is 2.80 bits per heavy atom. The van der Waals surface area contributed by atoms with Crippen molar-refractivity contribution in [2.75, 3.05) is 0 Å². The van der Waals surface area contributed by atoms with Crippen molar-refractivity contribution in [3.05, 3.63) is 47.6 Å². The number of aromatic nitrogens is 2. The lowest BCUT2D eigenvalue weighted by molar-refractivity contribution is 0.284. The van der Waals surface area contributed by atoms with Crippen LogP contribution in [0.25, 0.3) is 0 Å². The minimum atomic E-state index is 0.298. The van der Waals surface area contributed by atoms with Gasteiger partial charge >= 0.3 is 0 Å². The van der Waals surface area contributed by atoms with Crippen molar-refractivity contribution in [3.8, 4) is 0 Å². The zero-order valence-corrected chi connectivity index (χ0v) is 11.5. The molecular formula is C16H19N3O. The first-order valence-electron chi connectivity index (χ1n) is 7.51. The van der Waals surface area contributed by atoms with Gasteiger partial charge < -0.3 is 9.84 Å². The smallest absolute Gasteiger partial charge is 0.244 e. The van der Waals surface area contributed by atoms with Crippen LogP contribution >= 0.6 is 0 Å². The predicted octanol–water partition coefficient (Wildman–Crippen LogP) is 2.67. The summed E-state index contributed by atoms with van der Waals surface area (Å²) in [5.74, 6) is 2.32. The van der Waals surface area contributed by atoms with Gasteiger partial charge in [-0.2, -0.15) is 4.98 Å². The summed E-state index contributed by atoms with van der Waals surface area (Å²) in [6.45, 7) is 0. The van der Waals surface area contributed by atoms with Gasteiger partial charge in [0.1, 0.15) is 0 Å². The third kappa shape index (κ3) is 2.24. The third-order valence-corrected chi connectivity index (χ3v) is 4.59. The average Bonchev–Trinajstić information content (AvgIpc) is 3.22. The van der Waals surface area contributed by atoms with Crippen molar-refractivity contribution in [2.45, 2.75) is 44.2 Å². The Hall–Kier alpha value is -1.68. The van der Waals surface area contributed by atoms with E-state index < -0.39 is 0 Å². The molecule has 4 heteroatoms. The van der Waals surface area contributed by atoms with Crippen LogP contribution in [0, 0.1) is 5.92 Å². The van der Waals surface area contributed by atoms with Crippen LogP contribution in [0.5, 0.6) is 0 Å². The van der Waals surface area contributed by atoms with Crippen molar-refractivity contribution in [2.24, 2.45) is 5.92 Å². The van der Waals surface area contributed by atoms with Gasteiger partial charge in [-0.05, 0) is 37.2 Å². The molecule has 0 radical (unpaired) electrons. The number of aryl methyl sites for hydroxylation is 2. The number of piperidine rings is 1. The molecule has 1 aliphatic carbocycles. The van der Waals surface area contributed by atoms with Crippen LogP contribution in [0.3, 0.4) is 0 Å². The van der Waals surface area contributed by atoms with Crippen molar-refractivity contribution in [1.29, 1.82) is 0 Å². The third-order valence-electron chi connectivity index (χ3n) is 4.59. The van der Waals surface area contributed by atoms with Gasteiger partial charge in [0.2, 0.25) is 5.89 Å². The molecule has 0 spiro atoms. The van der Waals surface area contributed by atoms with Gasteiger partial charge in [0.05, 0.1) is 6.04 Å². The van der Waals surface area contributed by atoms with E-state index >= 15 is 0 Å². The number of nitrogens with zero attached hydrogens (tertiary/aromatic N) is 2.